The highest BCUT2D eigenvalue weighted by Crippen LogP contribution is 2.41. The first-order chi connectivity index (χ1) is 6.66. The number of hydrogen-bond acceptors (Lipinski definition) is 3. The van der Waals surface area contributed by atoms with Crippen LogP contribution in [0, 0.1) is 5.92 Å². The molecule has 14 heavy (non-hydrogen) atoms. The Hall–Kier alpha value is -0.380. The van der Waals surface area contributed by atoms with E-state index in [4.69, 9.17) is 5.73 Å². The smallest absolute Gasteiger partial charge is 0.0418 e. The maximum absolute atomic E-state index is 6.14. The van der Waals surface area contributed by atoms with Crippen LogP contribution in [0.3, 0.4) is 0 Å². The molecule has 2 N–H and O–H groups in total. The Balaban J connectivity index is 2.01. The molecule has 2 rings (SSSR count). The average Bonchev–Trinajstić information content (AvgIpc) is 2.86. The minimum atomic E-state index is 0.302. The zero-order valence-corrected chi connectivity index (χ0v) is 9.68. The summed E-state index contributed by atoms with van der Waals surface area (Å²) in [6.07, 6.45) is 2.64. The van der Waals surface area contributed by atoms with Gasteiger partial charge in [0.25, 0.3) is 0 Å². The summed E-state index contributed by atoms with van der Waals surface area (Å²) in [6, 6.07) is 4.71. The molecular formula is C11H18N2S. The fourth-order valence-electron chi connectivity index (χ4n) is 1.66. The standard InChI is InChI=1S/C11H18N2S/c1-13(2)7-9-5-6-10(14-9)11(12)8-3-4-8/h5-6,8,11H,3-4,7,12H2,1-2H3/t11-/m1/s1. The molecule has 1 atom stereocenters. The van der Waals surface area contributed by atoms with Crippen LogP contribution < -0.4 is 5.73 Å². The number of thiophene rings is 1. The van der Waals surface area contributed by atoms with Crippen molar-refractivity contribution in [1.82, 2.24) is 4.90 Å². The molecule has 1 aromatic rings. The van der Waals surface area contributed by atoms with Gasteiger partial charge in [-0.1, -0.05) is 0 Å². The van der Waals surface area contributed by atoms with Crippen LogP contribution in [0.5, 0.6) is 0 Å². The summed E-state index contributed by atoms with van der Waals surface area (Å²) in [5, 5.41) is 0. The number of hydrogen-bond donors (Lipinski definition) is 1. The van der Waals surface area contributed by atoms with Crippen molar-refractivity contribution in [3.63, 3.8) is 0 Å². The molecule has 0 aliphatic heterocycles. The molecule has 1 aliphatic carbocycles. The van der Waals surface area contributed by atoms with Crippen LogP contribution in [0.15, 0.2) is 12.1 Å². The fraction of sp³-hybridized carbons (Fsp3) is 0.636. The Morgan fingerprint density at radius 2 is 2.21 bits per heavy atom. The SMILES string of the molecule is CN(C)Cc1ccc([C@H](N)C2CC2)s1. The Bertz CT molecular complexity index is 302. The van der Waals surface area contributed by atoms with Crippen LogP contribution in [-0.4, -0.2) is 19.0 Å². The molecule has 0 aromatic carbocycles. The summed E-state index contributed by atoms with van der Waals surface area (Å²) in [5.74, 6) is 0.765. The highest BCUT2D eigenvalue weighted by molar-refractivity contribution is 7.12. The average molecular weight is 210 g/mol. The first kappa shape index (κ1) is 10.1. The van der Waals surface area contributed by atoms with Gasteiger partial charge in [-0.25, -0.2) is 0 Å². The number of nitrogens with zero attached hydrogens (tertiary/aromatic N) is 1. The van der Waals surface area contributed by atoms with Gasteiger partial charge in [0.05, 0.1) is 0 Å². The molecule has 0 saturated heterocycles. The van der Waals surface area contributed by atoms with E-state index in [-0.39, 0.29) is 0 Å². The number of rotatable bonds is 4. The van der Waals surface area contributed by atoms with Crippen LogP contribution in [-0.2, 0) is 6.54 Å². The van der Waals surface area contributed by atoms with Crippen molar-refractivity contribution in [2.75, 3.05) is 14.1 Å². The van der Waals surface area contributed by atoms with E-state index >= 15 is 0 Å². The highest BCUT2D eigenvalue weighted by Gasteiger charge is 2.30. The minimum absolute atomic E-state index is 0.302. The van der Waals surface area contributed by atoms with Crippen molar-refractivity contribution in [2.45, 2.75) is 25.4 Å². The van der Waals surface area contributed by atoms with E-state index in [1.54, 1.807) is 0 Å². The predicted molar refractivity (Wildman–Crippen MR) is 61.4 cm³/mol. The topological polar surface area (TPSA) is 29.3 Å². The summed E-state index contributed by atoms with van der Waals surface area (Å²) in [6.45, 7) is 1.03. The summed E-state index contributed by atoms with van der Waals surface area (Å²) >= 11 is 1.87. The summed E-state index contributed by atoms with van der Waals surface area (Å²) in [5.41, 5.74) is 6.14. The van der Waals surface area contributed by atoms with E-state index in [1.165, 1.54) is 22.6 Å². The van der Waals surface area contributed by atoms with Gasteiger partial charge in [-0.05, 0) is 45.0 Å². The van der Waals surface area contributed by atoms with Gasteiger partial charge in [-0.2, -0.15) is 0 Å². The molecule has 3 heteroatoms. The lowest BCUT2D eigenvalue weighted by Gasteiger charge is -2.08. The van der Waals surface area contributed by atoms with Gasteiger partial charge in [0.2, 0.25) is 0 Å². The monoisotopic (exact) mass is 210 g/mol. The van der Waals surface area contributed by atoms with Gasteiger partial charge in [-0.15, -0.1) is 11.3 Å². The van der Waals surface area contributed by atoms with Gasteiger partial charge in [0.15, 0.2) is 0 Å². The lowest BCUT2D eigenvalue weighted by Crippen LogP contribution is -2.10. The second kappa shape index (κ2) is 4.01. The van der Waals surface area contributed by atoms with Gasteiger partial charge in [0.1, 0.15) is 0 Å². The molecular weight excluding hydrogens is 192 g/mol. The summed E-state index contributed by atoms with van der Waals surface area (Å²) in [7, 11) is 4.19. The zero-order chi connectivity index (χ0) is 10.1. The second-order valence-electron chi connectivity index (χ2n) is 4.41. The van der Waals surface area contributed by atoms with Crippen LogP contribution in [0.2, 0.25) is 0 Å². The summed E-state index contributed by atoms with van der Waals surface area (Å²) < 4.78 is 0. The first-order valence-corrected chi connectivity index (χ1v) is 5.97. The Labute approximate surface area is 89.7 Å². The van der Waals surface area contributed by atoms with Crippen molar-refractivity contribution >= 4 is 11.3 Å². The molecule has 0 bridgehead atoms. The van der Waals surface area contributed by atoms with Gasteiger partial charge < -0.3 is 10.6 Å². The van der Waals surface area contributed by atoms with Crippen LogP contribution in [0.25, 0.3) is 0 Å². The van der Waals surface area contributed by atoms with E-state index in [1.807, 2.05) is 11.3 Å². The normalized spacial score (nSPS) is 18.9. The van der Waals surface area contributed by atoms with Crippen molar-refractivity contribution in [3.05, 3.63) is 21.9 Å². The molecule has 78 valence electrons. The zero-order valence-electron chi connectivity index (χ0n) is 8.86. The third-order valence-corrected chi connectivity index (χ3v) is 3.78. The van der Waals surface area contributed by atoms with Crippen molar-refractivity contribution in [1.29, 1.82) is 0 Å². The molecule has 0 unspecified atom stereocenters. The second-order valence-corrected chi connectivity index (χ2v) is 5.60. The molecule has 1 aliphatic rings. The van der Waals surface area contributed by atoms with Crippen molar-refractivity contribution < 1.29 is 0 Å². The summed E-state index contributed by atoms with van der Waals surface area (Å²) in [4.78, 5) is 4.98. The Morgan fingerprint density at radius 3 is 2.79 bits per heavy atom. The van der Waals surface area contributed by atoms with Gasteiger partial charge >= 0.3 is 0 Å². The molecule has 0 radical (unpaired) electrons. The van der Waals surface area contributed by atoms with Crippen LogP contribution in [0.1, 0.15) is 28.6 Å². The van der Waals surface area contributed by atoms with Crippen molar-refractivity contribution in [3.8, 4) is 0 Å². The maximum Gasteiger partial charge on any atom is 0.0418 e. The van der Waals surface area contributed by atoms with E-state index in [0.717, 1.165) is 12.5 Å². The van der Waals surface area contributed by atoms with Gasteiger partial charge in [-0.3, -0.25) is 0 Å². The van der Waals surface area contributed by atoms with E-state index in [2.05, 4.69) is 31.1 Å². The molecule has 1 fully saturated rings. The predicted octanol–water partition coefficient (Wildman–Crippen LogP) is 2.22. The lowest BCUT2D eigenvalue weighted by atomic mass is 10.2. The Morgan fingerprint density at radius 1 is 1.50 bits per heavy atom. The molecule has 0 spiro atoms. The highest BCUT2D eigenvalue weighted by atomic mass is 32.1. The van der Waals surface area contributed by atoms with Crippen LogP contribution >= 0.6 is 11.3 Å². The quantitative estimate of drug-likeness (QED) is 0.825. The molecule has 2 nitrogen and oxygen atoms in total. The third kappa shape index (κ3) is 2.35. The third-order valence-electron chi connectivity index (χ3n) is 2.61. The lowest BCUT2D eigenvalue weighted by molar-refractivity contribution is 0.406. The largest absolute Gasteiger partial charge is 0.323 e. The van der Waals surface area contributed by atoms with E-state index in [0.29, 0.717) is 6.04 Å². The Kier molecular flexibility index (Phi) is 2.91. The maximum atomic E-state index is 6.14. The van der Waals surface area contributed by atoms with Crippen molar-refractivity contribution in [2.24, 2.45) is 11.7 Å². The minimum Gasteiger partial charge on any atom is -0.323 e. The van der Waals surface area contributed by atoms with E-state index in [9.17, 15) is 0 Å². The number of nitrogens with two attached hydrogens (primary N) is 1. The van der Waals surface area contributed by atoms with E-state index < -0.39 is 0 Å². The molecule has 1 aromatic heterocycles. The van der Waals surface area contributed by atoms with Crippen LogP contribution in [0.4, 0.5) is 0 Å². The molecule has 1 heterocycles. The first-order valence-electron chi connectivity index (χ1n) is 5.15. The molecule has 1 saturated carbocycles. The fourth-order valence-corrected chi connectivity index (χ4v) is 2.88. The molecule has 0 amide bonds. The van der Waals surface area contributed by atoms with Gasteiger partial charge in [0, 0.05) is 22.3 Å².